The van der Waals surface area contributed by atoms with E-state index in [0.29, 0.717) is 11.4 Å². The van der Waals surface area contributed by atoms with Crippen molar-refractivity contribution in [2.24, 2.45) is 0 Å². The first kappa shape index (κ1) is 17.0. The molecule has 5 nitrogen and oxygen atoms in total. The molecular formula is C17H20N2O3S. The molecule has 0 heterocycles. The molecule has 0 fully saturated rings. The van der Waals surface area contributed by atoms with Gasteiger partial charge in [0.25, 0.3) is 10.0 Å². The van der Waals surface area contributed by atoms with Gasteiger partial charge in [0.2, 0.25) is 5.91 Å². The van der Waals surface area contributed by atoms with Gasteiger partial charge in [-0.05, 0) is 48.4 Å². The Balaban J connectivity index is 2.26. The molecule has 2 aromatic carbocycles. The third-order valence-electron chi connectivity index (χ3n) is 3.54. The van der Waals surface area contributed by atoms with Crippen LogP contribution in [0.3, 0.4) is 0 Å². The second-order valence-corrected chi connectivity index (χ2v) is 7.17. The molecule has 0 atom stereocenters. The minimum atomic E-state index is -3.61. The van der Waals surface area contributed by atoms with Crippen molar-refractivity contribution in [3.63, 3.8) is 0 Å². The summed E-state index contributed by atoms with van der Waals surface area (Å²) in [5.74, 6) is -0.172. The largest absolute Gasteiger partial charge is 0.326 e. The van der Waals surface area contributed by atoms with Crippen molar-refractivity contribution in [1.29, 1.82) is 0 Å². The summed E-state index contributed by atoms with van der Waals surface area (Å²) in [6, 6.07) is 13.5. The van der Waals surface area contributed by atoms with Crippen LogP contribution in [-0.2, 0) is 21.2 Å². The lowest BCUT2D eigenvalue weighted by Crippen LogP contribution is -2.26. The van der Waals surface area contributed by atoms with E-state index in [1.165, 1.54) is 18.3 Å². The van der Waals surface area contributed by atoms with Crippen molar-refractivity contribution >= 4 is 27.3 Å². The second-order valence-electron chi connectivity index (χ2n) is 5.20. The summed E-state index contributed by atoms with van der Waals surface area (Å²) in [6.07, 6.45) is 0.862. The Morgan fingerprint density at radius 3 is 2.09 bits per heavy atom. The molecule has 0 saturated carbocycles. The monoisotopic (exact) mass is 332 g/mol. The molecule has 2 aromatic rings. The topological polar surface area (TPSA) is 66.5 Å². The Morgan fingerprint density at radius 1 is 1.04 bits per heavy atom. The average molecular weight is 332 g/mol. The van der Waals surface area contributed by atoms with Crippen molar-refractivity contribution in [3.8, 4) is 0 Å². The Bertz CT molecular complexity index is 782. The number of nitrogens with zero attached hydrogens (tertiary/aromatic N) is 1. The highest BCUT2D eigenvalue weighted by atomic mass is 32.2. The fraction of sp³-hybridized carbons (Fsp3) is 0.235. The molecule has 1 N–H and O–H groups in total. The minimum Gasteiger partial charge on any atom is -0.326 e. The second kappa shape index (κ2) is 6.83. The van der Waals surface area contributed by atoms with Crippen molar-refractivity contribution in [3.05, 3.63) is 54.1 Å². The van der Waals surface area contributed by atoms with Crippen LogP contribution in [0.15, 0.2) is 53.4 Å². The molecule has 0 bridgehead atoms. The Kier molecular flexibility index (Phi) is 5.05. The quantitative estimate of drug-likeness (QED) is 0.915. The summed E-state index contributed by atoms with van der Waals surface area (Å²) in [5, 5.41) is 2.65. The molecule has 23 heavy (non-hydrogen) atoms. The zero-order chi connectivity index (χ0) is 17.0. The molecule has 0 saturated heterocycles. The number of amides is 1. The molecule has 0 spiro atoms. The van der Waals surface area contributed by atoms with Crippen LogP contribution in [0.2, 0.25) is 0 Å². The van der Waals surface area contributed by atoms with E-state index < -0.39 is 10.0 Å². The van der Waals surface area contributed by atoms with E-state index in [-0.39, 0.29) is 10.8 Å². The predicted octanol–water partition coefficient (Wildman–Crippen LogP) is 3.03. The van der Waals surface area contributed by atoms with E-state index in [4.69, 9.17) is 0 Å². The van der Waals surface area contributed by atoms with Gasteiger partial charge in [-0.2, -0.15) is 0 Å². The number of aryl methyl sites for hydroxylation is 1. The molecule has 0 aliphatic rings. The van der Waals surface area contributed by atoms with Gasteiger partial charge in [0, 0.05) is 19.7 Å². The van der Waals surface area contributed by atoms with E-state index in [9.17, 15) is 13.2 Å². The number of benzene rings is 2. The molecule has 122 valence electrons. The fourth-order valence-corrected chi connectivity index (χ4v) is 3.35. The van der Waals surface area contributed by atoms with Crippen molar-refractivity contribution in [2.45, 2.75) is 25.2 Å². The van der Waals surface area contributed by atoms with E-state index >= 15 is 0 Å². The highest BCUT2D eigenvalue weighted by molar-refractivity contribution is 7.92. The van der Waals surface area contributed by atoms with Crippen LogP contribution in [0.25, 0.3) is 0 Å². The molecule has 6 heteroatoms. The molecule has 0 unspecified atom stereocenters. The first-order valence-corrected chi connectivity index (χ1v) is 8.74. The van der Waals surface area contributed by atoms with Gasteiger partial charge in [-0.1, -0.05) is 19.1 Å². The van der Waals surface area contributed by atoms with Gasteiger partial charge in [-0.25, -0.2) is 8.42 Å². The third-order valence-corrected chi connectivity index (χ3v) is 5.34. The first-order chi connectivity index (χ1) is 10.8. The summed E-state index contributed by atoms with van der Waals surface area (Å²) in [7, 11) is -2.10. The molecular weight excluding hydrogens is 312 g/mol. The van der Waals surface area contributed by atoms with Crippen molar-refractivity contribution in [1.82, 2.24) is 0 Å². The SMILES string of the molecule is CCc1ccc(S(=O)(=O)N(C)c2ccc(NC(C)=O)cc2)cc1. The van der Waals surface area contributed by atoms with Gasteiger partial charge in [0.1, 0.15) is 0 Å². The summed E-state index contributed by atoms with van der Waals surface area (Å²) in [5.41, 5.74) is 2.24. The van der Waals surface area contributed by atoms with Gasteiger partial charge in [-0.15, -0.1) is 0 Å². The highest BCUT2D eigenvalue weighted by Gasteiger charge is 2.21. The maximum Gasteiger partial charge on any atom is 0.264 e. The molecule has 0 aliphatic heterocycles. The highest BCUT2D eigenvalue weighted by Crippen LogP contribution is 2.24. The zero-order valence-corrected chi connectivity index (χ0v) is 14.2. The number of hydrogen-bond donors (Lipinski definition) is 1. The summed E-state index contributed by atoms with van der Waals surface area (Å²) in [6.45, 7) is 3.44. The average Bonchev–Trinajstić information content (AvgIpc) is 2.54. The molecule has 0 radical (unpaired) electrons. The maximum absolute atomic E-state index is 12.7. The molecule has 2 rings (SSSR count). The van der Waals surface area contributed by atoms with Crippen molar-refractivity contribution in [2.75, 3.05) is 16.7 Å². The van der Waals surface area contributed by atoms with E-state index in [0.717, 1.165) is 12.0 Å². The van der Waals surface area contributed by atoms with Gasteiger partial charge >= 0.3 is 0 Å². The Morgan fingerprint density at radius 2 is 1.61 bits per heavy atom. The number of hydrogen-bond acceptors (Lipinski definition) is 3. The van der Waals surface area contributed by atoms with E-state index in [2.05, 4.69) is 5.32 Å². The zero-order valence-electron chi connectivity index (χ0n) is 13.4. The lowest BCUT2D eigenvalue weighted by molar-refractivity contribution is -0.114. The van der Waals surface area contributed by atoms with Crippen molar-refractivity contribution < 1.29 is 13.2 Å². The third kappa shape index (κ3) is 3.90. The molecule has 1 amide bonds. The van der Waals surface area contributed by atoms with E-state index in [1.807, 2.05) is 19.1 Å². The van der Waals surface area contributed by atoms with Crippen LogP contribution in [0, 0.1) is 0 Å². The predicted molar refractivity (Wildman–Crippen MR) is 92.2 cm³/mol. The van der Waals surface area contributed by atoms with Gasteiger partial charge in [-0.3, -0.25) is 9.10 Å². The number of sulfonamides is 1. The number of rotatable bonds is 5. The summed E-state index contributed by atoms with van der Waals surface area (Å²) >= 11 is 0. The van der Waals surface area contributed by atoms with Crippen LogP contribution in [0.5, 0.6) is 0 Å². The van der Waals surface area contributed by atoms with Crippen LogP contribution in [0.4, 0.5) is 11.4 Å². The summed E-state index contributed by atoms with van der Waals surface area (Å²) < 4.78 is 26.5. The Labute approximate surface area is 137 Å². The molecule has 0 aliphatic carbocycles. The lowest BCUT2D eigenvalue weighted by Gasteiger charge is -2.20. The summed E-state index contributed by atoms with van der Waals surface area (Å²) in [4.78, 5) is 11.3. The smallest absolute Gasteiger partial charge is 0.264 e. The standard InChI is InChI=1S/C17H20N2O3S/c1-4-14-5-11-17(12-6-14)23(21,22)19(3)16-9-7-15(8-10-16)18-13(2)20/h5-12H,4H2,1-3H3,(H,18,20). The van der Waals surface area contributed by atoms with Crippen LogP contribution >= 0.6 is 0 Å². The normalized spacial score (nSPS) is 11.1. The lowest BCUT2D eigenvalue weighted by atomic mass is 10.2. The number of nitrogens with one attached hydrogen (secondary N) is 1. The van der Waals surface area contributed by atoms with Crippen LogP contribution in [0.1, 0.15) is 19.4 Å². The maximum atomic E-state index is 12.7. The van der Waals surface area contributed by atoms with Gasteiger partial charge in [0.05, 0.1) is 10.6 Å². The number of carbonyl (C=O) groups excluding carboxylic acids is 1. The number of carbonyl (C=O) groups is 1. The van der Waals surface area contributed by atoms with Gasteiger partial charge < -0.3 is 5.32 Å². The Hall–Kier alpha value is -2.34. The fourth-order valence-electron chi connectivity index (χ4n) is 2.15. The van der Waals surface area contributed by atoms with Crippen LogP contribution < -0.4 is 9.62 Å². The van der Waals surface area contributed by atoms with E-state index in [1.54, 1.807) is 36.4 Å². The van der Waals surface area contributed by atoms with Gasteiger partial charge in [0.15, 0.2) is 0 Å². The van der Waals surface area contributed by atoms with Crippen LogP contribution in [-0.4, -0.2) is 21.4 Å². The molecule has 0 aromatic heterocycles. The number of anilines is 2. The minimum absolute atomic E-state index is 0.172. The first-order valence-electron chi connectivity index (χ1n) is 7.30.